The van der Waals surface area contributed by atoms with Gasteiger partial charge in [0.15, 0.2) is 5.69 Å². The van der Waals surface area contributed by atoms with E-state index in [2.05, 4.69) is 4.94 Å². The zero-order valence-electron chi connectivity index (χ0n) is 6.81. The van der Waals surface area contributed by atoms with Gasteiger partial charge in [-0.15, -0.1) is 10.5 Å². The van der Waals surface area contributed by atoms with Crippen LogP contribution in [0.4, 0.5) is 17.1 Å². The maximum absolute atomic E-state index is 11.0. The van der Waals surface area contributed by atoms with Crippen molar-refractivity contribution in [3.8, 4) is 0 Å². The molecule has 0 saturated carbocycles. The van der Waals surface area contributed by atoms with Crippen LogP contribution in [0.5, 0.6) is 0 Å². The first-order chi connectivity index (χ1) is 6.59. The van der Waals surface area contributed by atoms with E-state index in [9.17, 15) is 15.6 Å². The predicted molar refractivity (Wildman–Crippen MR) is 41.3 cm³/mol. The lowest BCUT2D eigenvalue weighted by Gasteiger charge is -2.11. The molecule has 1 aliphatic rings. The van der Waals surface area contributed by atoms with E-state index in [0.29, 0.717) is 0 Å². The van der Waals surface area contributed by atoms with Gasteiger partial charge in [0.05, 0.1) is 6.07 Å². The third-order valence-corrected chi connectivity index (χ3v) is 1.89. The highest BCUT2D eigenvalue weighted by molar-refractivity contribution is 5.57. The van der Waals surface area contributed by atoms with Gasteiger partial charge in [-0.25, -0.2) is 5.21 Å². The van der Waals surface area contributed by atoms with Gasteiger partial charge in [-0.3, -0.25) is 0 Å². The number of hydrogen-bond donors (Lipinski definition) is 4. The van der Waals surface area contributed by atoms with Crippen LogP contribution in [0, 0.1) is 15.6 Å². The Labute approximate surface area is 77.7 Å². The van der Waals surface area contributed by atoms with Crippen LogP contribution in [0.1, 0.15) is 0 Å². The third-order valence-electron chi connectivity index (χ3n) is 1.89. The summed E-state index contributed by atoms with van der Waals surface area (Å²) in [5.41, 5.74) is 0.0744. The normalized spacial score (nSPS) is 27.4. The van der Waals surface area contributed by atoms with E-state index < -0.39 is 15.7 Å². The Kier molecular flexibility index (Phi) is 2.19. The van der Waals surface area contributed by atoms with Crippen molar-refractivity contribution in [2.45, 2.75) is 0 Å². The lowest BCUT2D eigenvalue weighted by atomic mass is 10.2. The Hall–Kier alpha value is -1.10. The summed E-state index contributed by atoms with van der Waals surface area (Å²) in [6, 6.07) is 3.65. The lowest BCUT2D eigenvalue weighted by Crippen LogP contribution is -3.15. The maximum atomic E-state index is 11.0. The lowest BCUT2D eigenvalue weighted by molar-refractivity contribution is -1.24. The highest BCUT2D eigenvalue weighted by Crippen LogP contribution is 2.18. The fourth-order valence-electron chi connectivity index (χ4n) is 1.22. The van der Waals surface area contributed by atoms with Crippen LogP contribution >= 0.6 is 0 Å². The number of benzene rings is 1. The van der Waals surface area contributed by atoms with Crippen LogP contribution in [0.25, 0.3) is 0 Å². The number of rotatable bonds is 1. The van der Waals surface area contributed by atoms with E-state index >= 15 is 0 Å². The summed E-state index contributed by atoms with van der Waals surface area (Å²) >= 11 is 0. The molecule has 0 amide bonds. The van der Waals surface area contributed by atoms with E-state index in [-0.39, 0.29) is 17.1 Å². The first kappa shape index (κ1) is 9.45. The molecule has 1 aromatic rings. The van der Waals surface area contributed by atoms with Gasteiger partial charge in [0, 0.05) is 17.1 Å². The van der Waals surface area contributed by atoms with E-state index in [1.807, 2.05) is 0 Å². The second-order valence-corrected chi connectivity index (χ2v) is 2.74. The van der Waals surface area contributed by atoms with E-state index in [1.54, 1.807) is 0 Å². The zero-order valence-corrected chi connectivity index (χ0v) is 6.81. The fourth-order valence-corrected chi connectivity index (χ4v) is 1.22. The molecule has 8 heteroatoms. The van der Waals surface area contributed by atoms with Gasteiger partial charge in [0.25, 0.3) is 0 Å². The Morgan fingerprint density at radius 1 is 1.21 bits per heavy atom. The SMILES string of the molecule is [O-][NH+](O)c1ccc2c(c1)[NH+]([O-])O[NH+]2[O-]. The molecule has 0 aromatic heterocycles. The molecule has 0 spiro atoms. The molecule has 0 radical (unpaired) electrons. The van der Waals surface area contributed by atoms with Crippen LogP contribution in [0.15, 0.2) is 18.2 Å². The summed E-state index contributed by atoms with van der Waals surface area (Å²) in [5.74, 6) is 0. The number of fused-ring (bicyclic) bond motifs is 1. The molecule has 3 unspecified atom stereocenters. The van der Waals surface area contributed by atoms with Gasteiger partial charge < -0.3 is 15.6 Å². The van der Waals surface area contributed by atoms with Crippen molar-refractivity contribution in [1.82, 2.24) is 0 Å². The van der Waals surface area contributed by atoms with Crippen LogP contribution in [0.2, 0.25) is 0 Å². The zero-order chi connectivity index (χ0) is 10.3. The fraction of sp³-hybridized carbons (Fsp3) is 0. The van der Waals surface area contributed by atoms with Crippen molar-refractivity contribution in [3.05, 3.63) is 33.8 Å². The third kappa shape index (κ3) is 1.37. The number of hydrogen-bond acceptors (Lipinski definition) is 5. The topological polar surface area (TPSA) is 112 Å². The minimum atomic E-state index is -1.15. The highest BCUT2D eigenvalue weighted by Gasteiger charge is 2.30. The molecule has 2 rings (SSSR count). The molecule has 0 bridgehead atoms. The molecule has 0 saturated heterocycles. The van der Waals surface area contributed by atoms with Gasteiger partial charge in [-0.05, 0) is 0 Å². The maximum Gasteiger partial charge on any atom is 0.239 e. The molecule has 1 aliphatic heterocycles. The Morgan fingerprint density at radius 2 is 1.86 bits per heavy atom. The number of quaternary nitrogens is 3. The predicted octanol–water partition coefficient (Wildman–Crippen LogP) is -3.02. The van der Waals surface area contributed by atoms with Crippen molar-refractivity contribution >= 4 is 17.1 Å². The van der Waals surface area contributed by atoms with Crippen LogP contribution < -0.4 is 15.7 Å². The summed E-state index contributed by atoms with van der Waals surface area (Å²) in [7, 11) is 0. The standard InChI is InChI=1S/C6H7N3O5/c10-7(11)4-1-2-5-6(3-4)9(13)14-8(5)12/h1-3,7-10H. The molecule has 0 aliphatic carbocycles. The molecule has 1 heterocycles. The molecule has 1 aromatic carbocycles. The minimum absolute atomic E-state index is 0.00917. The van der Waals surface area contributed by atoms with Crippen molar-refractivity contribution in [3.63, 3.8) is 0 Å². The largest absolute Gasteiger partial charge is 0.595 e. The molecule has 4 N–H and O–H groups in total. The number of nitrogens with one attached hydrogen (secondary N) is 3. The monoisotopic (exact) mass is 201 g/mol. The first-order valence-corrected chi connectivity index (χ1v) is 3.73. The average molecular weight is 201 g/mol. The van der Waals surface area contributed by atoms with Crippen molar-refractivity contribution in [2.24, 2.45) is 0 Å². The molecule has 0 fully saturated rings. The van der Waals surface area contributed by atoms with E-state index in [0.717, 1.165) is 6.07 Å². The average Bonchev–Trinajstić information content (AvgIpc) is 2.42. The van der Waals surface area contributed by atoms with Crippen LogP contribution in [-0.2, 0) is 4.94 Å². The van der Waals surface area contributed by atoms with Crippen molar-refractivity contribution in [1.29, 1.82) is 0 Å². The second-order valence-electron chi connectivity index (χ2n) is 2.74. The van der Waals surface area contributed by atoms with Gasteiger partial charge in [0.2, 0.25) is 11.4 Å². The molecular weight excluding hydrogens is 194 g/mol. The second kappa shape index (κ2) is 3.24. The quantitative estimate of drug-likeness (QED) is 0.285. The van der Waals surface area contributed by atoms with E-state index in [4.69, 9.17) is 5.21 Å². The summed E-state index contributed by atoms with van der Waals surface area (Å²) in [4.78, 5) is 4.30. The van der Waals surface area contributed by atoms with Gasteiger partial charge >= 0.3 is 0 Å². The van der Waals surface area contributed by atoms with Crippen LogP contribution in [0.3, 0.4) is 0 Å². The van der Waals surface area contributed by atoms with E-state index in [1.165, 1.54) is 12.1 Å². The highest BCUT2D eigenvalue weighted by atomic mass is 17.1. The summed E-state index contributed by atoms with van der Waals surface area (Å²) in [6.45, 7) is 0. The Bertz CT molecular complexity index is 357. The minimum Gasteiger partial charge on any atom is -0.595 e. The van der Waals surface area contributed by atoms with Gasteiger partial charge in [-0.1, -0.05) is 0 Å². The molecule has 3 atom stereocenters. The van der Waals surface area contributed by atoms with Crippen molar-refractivity contribution in [2.75, 3.05) is 0 Å². The van der Waals surface area contributed by atoms with Crippen LogP contribution in [-0.4, -0.2) is 5.21 Å². The Balaban J connectivity index is 2.45. The molecule has 14 heavy (non-hydrogen) atoms. The van der Waals surface area contributed by atoms with Gasteiger partial charge in [0.1, 0.15) is 0 Å². The summed E-state index contributed by atoms with van der Waals surface area (Å²) < 4.78 is 0. The first-order valence-electron chi connectivity index (χ1n) is 3.73. The van der Waals surface area contributed by atoms with Gasteiger partial charge in [-0.2, -0.15) is 5.23 Å². The summed E-state index contributed by atoms with van der Waals surface area (Å²) in [6.07, 6.45) is 0. The summed E-state index contributed by atoms with van der Waals surface area (Å²) in [5, 5.41) is 38.5. The molecular formula is C6H7N3O5. The Morgan fingerprint density at radius 3 is 2.50 bits per heavy atom. The molecule has 76 valence electrons. The smallest absolute Gasteiger partial charge is 0.239 e. The molecule has 8 nitrogen and oxygen atoms in total. The van der Waals surface area contributed by atoms with Crippen molar-refractivity contribution < 1.29 is 25.8 Å².